The van der Waals surface area contributed by atoms with Gasteiger partial charge < -0.3 is 11.1 Å². The van der Waals surface area contributed by atoms with Gasteiger partial charge in [-0.05, 0) is 19.4 Å². The Hall–Kier alpha value is -1.68. The maximum atomic E-state index is 13.4. The SMILES string of the molecule is C=CCC(N)C(=O)N[C@H](C)c1ccccc1F. The van der Waals surface area contributed by atoms with Crippen LogP contribution in [0.15, 0.2) is 36.9 Å². The fraction of sp³-hybridized carbons (Fsp3) is 0.308. The number of halogens is 1. The van der Waals surface area contributed by atoms with E-state index in [1.165, 1.54) is 6.07 Å². The summed E-state index contributed by atoms with van der Waals surface area (Å²) in [6, 6.07) is 5.30. The summed E-state index contributed by atoms with van der Waals surface area (Å²) in [7, 11) is 0. The Balaban J connectivity index is 2.66. The van der Waals surface area contributed by atoms with Gasteiger partial charge in [0.15, 0.2) is 0 Å². The average Bonchev–Trinajstić information content (AvgIpc) is 2.29. The van der Waals surface area contributed by atoms with Gasteiger partial charge in [-0.25, -0.2) is 4.39 Å². The van der Waals surface area contributed by atoms with Crippen molar-refractivity contribution in [2.24, 2.45) is 5.73 Å². The molecule has 0 radical (unpaired) electrons. The minimum Gasteiger partial charge on any atom is -0.348 e. The zero-order chi connectivity index (χ0) is 12.8. The number of nitrogens with two attached hydrogens (primary N) is 1. The van der Waals surface area contributed by atoms with Crippen molar-refractivity contribution in [2.45, 2.75) is 25.4 Å². The second-order valence-electron chi connectivity index (χ2n) is 3.88. The van der Waals surface area contributed by atoms with E-state index in [-0.39, 0.29) is 11.7 Å². The molecule has 1 aromatic rings. The Kier molecular flexibility index (Phi) is 4.84. The minimum atomic E-state index is -0.637. The third-order valence-corrected chi connectivity index (χ3v) is 2.49. The van der Waals surface area contributed by atoms with E-state index in [9.17, 15) is 9.18 Å². The molecule has 0 saturated heterocycles. The first-order valence-electron chi connectivity index (χ1n) is 5.47. The maximum absolute atomic E-state index is 13.4. The summed E-state index contributed by atoms with van der Waals surface area (Å²) < 4.78 is 13.4. The average molecular weight is 236 g/mol. The summed E-state index contributed by atoms with van der Waals surface area (Å²) in [6.45, 7) is 5.23. The molecule has 1 aromatic carbocycles. The molecule has 1 rings (SSSR count). The van der Waals surface area contributed by atoms with Crippen LogP contribution in [0.1, 0.15) is 24.9 Å². The van der Waals surface area contributed by atoms with Crippen molar-refractivity contribution >= 4 is 5.91 Å². The second kappa shape index (κ2) is 6.15. The fourth-order valence-corrected chi connectivity index (χ4v) is 1.51. The van der Waals surface area contributed by atoms with Gasteiger partial charge in [-0.3, -0.25) is 4.79 Å². The van der Waals surface area contributed by atoms with E-state index in [1.807, 2.05) is 0 Å². The molecule has 1 unspecified atom stereocenters. The van der Waals surface area contributed by atoms with E-state index in [0.717, 1.165) is 0 Å². The maximum Gasteiger partial charge on any atom is 0.237 e. The molecule has 3 nitrogen and oxygen atoms in total. The summed E-state index contributed by atoms with van der Waals surface area (Å²) in [4.78, 5) is 11.6. The van der Waals surface area contributed by atoms with Crippen molar-refractivity contribution in [1.82, 2.24) is 5.32 Å². The highest BCUT2D eigenvalue weighted by molar-refractivity contribution is 5.82. The van der Waals surface area contributed by atoms with Crippen LogP contribution >= 0.6 is 0 Å². The zero-order valence-corrected chi connectivity index (χ0v) is 9.82. The van der Waals surface area contributed by atoms with Crippen LogP contribution in [0.5, 0.6) is 0 Å². The van der Waals surface area contributed by atoms with E-state index in [4.69, 9.17) is 5.73 Å². The van der Waals surface area contributed by atoms with E-state index in [1.54, 1.807) is 31.2 Å². The van der Waals surface area contributed by atoms with Gasteiger partial charge in [0.2, 0.25) is 5.91 Å². The molecule has 0 spiro atoms. The van der Waals surface area contributed by atoms with Crippen LogP contribution in [-0.4, -0.2) is 11.9 Å². The van der Waals surface area contributed by atoms with Crippen LogP contribution < -0.4 is 11.1 Å². The van der Waals surface area contributed by atoms with Crippen LogP contribution in [0.3, 0.4) is 0 Å². The number of hydrogen-bond donors (Lipinski definition) is 2. The van der Waals surface area contributed by atoms with Crippen LogP contribution in [0.2, 0.25) is 0 Å². The monoisotopic (exact) mass is 236 g/mol. The van der Waals surface area contributed by atoms with Gasteiger partial charge in [-0.15, -0.1) is 6.58 Å². The van der Waals surface area contributed by atoms with Crippen LogP contribution in [0.4, 0.5) is 4.39 Å². The lowest BCUT2D eigenvalue weighted by molar-refractivity contribution is -0.122. The van der Waals surface area contributed by atoms with E-state index < -0.39 is 12.1 Å². The number of benzene rings is 1. The highest BCUT2D eigenvalue weighted by Crippen LogP contribution is 2.15. The lowest BCUT2D eigenvalue weighted by Gasteiger charge is -2.17. The van der Waals surface area contributed by atoms with Crippen LogP contribution in [-0.2, 0) is 4.79 Å². The predicted molar refractivity (Wildman–Crippen MR) is 65.7 cm³/mol. The molecule has 0 saturated carbocycles. The number of carbonyl (C=O) groups excluding carboxylic acids is 1. The van der Waals surface area contributed by atoms with E-state index in [0.29, 0.717) is 12.0 Å². The first-order chi connectivity index (χ1) is 8.06. The Labute approximate surface area is 101 Å². The zero-order valence-electron chi connectivity index (χ0n) is 9.82. The number of rotatable bonds is 5. The van der Waals surface area contributed by atoms with Crippen molar-refractivity contribution in [1.29, 1.82) is 0 Å². The van der Waals surface area contributed by atoms with Crippen molar-refractivity contribution < 1.29 is 9.18 Å². The summed E-state index contributed by atoms with van der Waals surface area (Å²) in [6.07, 6.45) is 1.98. The van der Waals surface area contributed by atoms with E-state index >= 15 is 0 Å². The van der Waals surface area contributed by atoms with Gasteiger partial charge >= 0.3 is 0 Å². The predicted octanol–water partition coefficient (Wildman–Crippen LogP) is 1.91. The topological polar surface area (TPSA) is 55.1 Å². The van der Waals surface area contributed by atoms with Crippen LogP contribution in [0, 0.1) is 5.82 Å². The molecule has 17 heavy (non-hydrogen) atoms. The molecule has 4 heteroatoms. The Bertz CT molecular complexity index is 406. The number of carbonyl (C=O) groups is 1. The smallest absolute Gasteiger partial charge is 0.237 e. The Morgan fingerprint density at radius 2 is 2.24 bits per heavy atom. The van der Waals surface area contributed by atoms with Crippen molar-refractivity contribution in [3.05, 3.63) is 48.3 Å². The molecular weight excluding hydrogens is 219 g/mol. The third kappa shape index (κ3) is 3.67. The van der Waals surface area contributed by atoms with Crippen molar-refractivity contribution in [3.63, 3.8) is 0 Å². The van der Waals surface area contributed by atoms with Gasteiger partial charge in [0, 0.05) is 5.56 Å². The van der Waals surface area contributed by atoms with Gasteiger partial charge in [0.25, 0.3) is 0 Å². The lowest BCUT2D eigenvalue weighted by Crippen LogP contribution is -2.41. The molecule has 2 atom stereocenters. The third-order valence-electron chi connectivity index (χ3n) is 2.49. The molecule has 0 bridgehead atoms. The fourth-order valence-electron chi connectivity index (χ4n) is 1.51. The summed E-state index contributed by atoms with van der Waals surface area (Å²) >= 11 is 0. The molecule has 0 fully saturated rings. The Morgan fingerprint density at radius 1 is 1.59 bits per heavy atom. The molecule has 92 valence electrons. The molecule has 0 aromatic heterocycles. The summed E-state index contributed by atoms with van der Waals surface area (Å²) in [5.74, 6) is -0.641. The largest absolute Gasteiger partial charge is 0.348 e. The van der Waals surface area contributed by atoms with Gasteiger partial charge in [-0.1, -0.05) is 24.3 Å². The number of nitrogens with one attached hydrogen (secondary N) is 1. The number of amides is 1. The molecular formula is C13H17FN2O. The second-order valence-corrected chi connectivity index (χ2v) is 3.88. The molecule has 3 N–H and O–H groups in total. The minimum absolute atomic E-state index is 0.305. The first kappa shape index (κ1) is 13.4. The molecule has 0 aliphatic heterocycles. The quantitative estimate of drug-likeness (QED) is 0.767. The molecule has 0 heterocycles. The summed E-state index contributed by atoms with van der Waals surface area (Å²) in [5, 5.41) is 2.67. The van der Waals surface area contributed by atoms with Gasteiger partial charge in [-0.2, -0.15) is 0 Å². The normalized spacial score (nSPS) is 13.8. The molecule has 1 amide bonds. The lowest BCUT2D eigenvalue weighted by atomic mass is 10.1. The summed E-state index contributed by atoms with van der Waals surface area (Å²) in [5.41, 5.74) is 6.07. The van der Waals surface area contributed by atoms with Crippen molar-refractivity contribution in [3.8, 4) is 0 Å². The van der Waals surface area contributed by atoms with Gasteiger partial charge in [0.1, 0.15) is 5.82 Å². The highest BCUT2D eigenvalue weighted by atomic mass is 19.1. The number of hydrogen-bond acceptors (Lipinski definition) is 2. The highest BCUT2D eigenvalue weighted by Gasteiger charge is 2.17. The van der Waals surface area contributed by atoms with Gasteiger partial charge in [0.05, 0.1) is 12.1 Å². The van der Waals surface area contributed by atoms with Crippen LogP contribution in [0.25, 0.3) is 0 Å². The first-order valence-corrected chi connectivity index (χ1v) is 5.47. The Morgan fingerprint density at radius 3 is 2.82 bits per heavy atom. The molecule has 0 aliphatic rings. The van der Waals surface area contributed by atoms with E-state index in [2.05, 4.69) is 11.9 Å². The molecule has 0 aliphatic carbocycles. The van der Waals surface area contributed by atoms with Crippen molar-refractivity contribution in [2.75, 3.05) is 0 Å². The standard InChI is InChI=1S/C13H17FN2O/c1-3-6-12(15)13(17)16-9(2)10-7-4-5-8-11(10)14/h3-5,7-9,12H,1,6,15H2,2H3,(H,16,17)/t9-,12?/m1/s1.